The minimum absolute atomic E-state index is 0.347. The van der Waals surface area contributed by atoms with Crippen LogP contribution in [0.3, 0.4) is 0 Å². The van der Waals surface area contributed by atoms with Crippen LogP contribution in [0.4, 0.5) is 0 Å². The van der Waals surface area contributed by atoms with E-state index in [1.807, 2.05) is 19.1 Å². The normalized spacial score (nSPS) is 17.3. The molecule has 0 saturated heterocycles. The predicted molar refractivity (Wildman–Crippen MR) is 96.4 cm³/mol. The average molecular weight is 394 g/mol. The van der Waals surface area contributed by atoms with Crippen molar-refractivity contribution >= 4 is 27.5 Å². The van der Waals surface area contributed by atoms with Crippen LogP contribution in [0.5, 0.6) is 0 Å². The first-order valence-corrected chi connectivity index (χ1v) is 9.64. The molecule has 6 nitrogen and oxygen atoms in total. The largest absolute Gasteiger partial charge is 0.460 e. The molecule has 0 fully saturated rings. The van der Waals surface area contributed by atoms with E-state index in [1.54, 1.807) is 36.4 Å². The zero-order chi connectivity index (χ0) is 18.9. The smallest absolute Gasteiger partial charge is 0.313 e. The zero-order valence-corrected chi connectivity index (χ0v) is 15.4. The van der Waals surface area contributed by atoms with Gasteiger partial charge in [-0.05, 0) is 24.6 Å². The first-order valence-electron chi connectivity index (χ1n) is 7.69. The molecule has 0 radical (unpaired) electrons. The molecule has 1 aliphatic rings. The Morgan fingerprint density at radius 1 is 1.12 bits per heavy atom. The van der Waals surface area contributed by atoms with Gasteiger partial charge in [0.2, 0.25) is 17.4 Å². The number of halogens is 1. The van der Waals surface area contributed by atoms with Crippen LogP contribution >= 0.6 is 11.6 Å². The summed E-state index contributed by atoms with van der Waals surface area (Å²) in [6.45, 7) is 1.91. The summed E-state index contributed by atoms with van der Waals surface area (Å²) in [5, 5.41) is 0.485. The summed E-state index contributed by atoms with van der Waals surface area (Å²) < 4.78 is 34.8. The molecule has 0 aromatic heterocycles. The highest BCUT2D eigenvalue weighted by atomic mass is 35.5. The number of ketones is 1. The minimum atomic E-state index is -4.09. The summed E-state index contributed by atoms with van der Waals surface area (Å²) >= 11 is 5.78. The van der Waals surface area contributed by atoms with Crippen molar-refractivity contribution in [3.8, 4) is 0 Å². The van der Waals surface area contributed by atoms with E-state index >= 15 is 0 Å². The van der Waals surface area contributed by atoms with Gasteiger partial charge in [0.25, 0.3) is 0 Å². The lowest BCUT2D eigenvalue weighted by molar-refractivity contribution is -0.123. The maximum Gasteiger partial charge on any atom is 0.313 e. The van der Waals surface area contributed by atoms with Gasteiger partial charge >= 0.3 is 10.1 Å². The maximum absolute atomic E-state index is 12.5. The van der Waals surface area contributed by atoms with Gasteiger partial charge in [-0.25, -0.2) is 0 Å². The third-order valence-electron chi connectivity index (χ3n) is 3.78. The lowest BCUT2D eigenvalue weighted by atomic mass is 10.0. The van der Waals surface area contributed by atoms with Crippen molar-refractivity contribution in [3.05, 3.63) is 81.9 Å². The average Bonchev–Trinajstić information content (AvgIpc) is 2.85. The number of rotatable bonds is 5. The van der Waals surface area contributed by atoms with E-state index < -0.39 is 33.5 Å². The topological polar surface area (TPSA) is 95.7 Å². The summed E-state index contributed by atoms with van der Waals surface area (Å²) in [6.07, 6.45) is -1.02. The highest BCUT2D eigenvalue weighted by Gasteiger charge is 2.39. The molecule has 26 heavy (non-hydrogen) atoms. The van der Waals surface area contributed by atoms with Crippen LogP contribution < -0.4 is 5.73 Å². The van der Waals surface area contributed by atoms with Crippen LogP contribution in [0.25, 0.3) is 0 Å². The van der Waals surface area contributed by atoms with E-state index in [0.29, 0.717) is 16.1 Å². The SMILES string of the molecule is Cc1ccc(C2OC(N)=C(OS(=O)(=O)Cc3ccc(Cl)cc3)C2=O)cc1. The number of Topliss-reactive ketones (excluding diaryl/α,β-unsaturated/α-hetero) is 1. The van der Waals surface area contributed by atoms with E-state index in [4.69, 9.17) is 26.3 Å². The van der Waals surface area contributed by atoms with E-state index in [-0.39, 0.29) is 5.88 Å². The molecule has 2 aromatic rings. The maximum atomic E-state index is 12.5. The number of benzene rings is 2. The minimum Gasteiger partial charge on any atom is -0.460 e. The third-order valence-corrected chi connectivity index (χ3v) is 5.14. The van der Waals surface area contributed by atoms with Crippen molar-refractivity contribution in [3.63, 3.8) is 0 Å². The Balaban J connectivity index is 1.76. The summed E-state index contributed by atoms with van der Waals surface area (Å²) in [4.78, 5) is 12.5. The summed E-state index contributed by atoms with van der Waals surface area (Å²) in [6, 6.07) is 13.3. The summed E-state index contributed by atoms with van der Waals surface area (Å²) in [7, 11) is -4.09. The molecule has 0 amide bonds. The second kappa shape index (κ2) is 7.01. The van der Waals surface area contributed by atoms with Gasteiger partial charge in [0.05, 0.1) is 0 Å². The molecule has 8 heteroatoms. The Labute approximate surface area is 156 Å². The van der Waals surface area contributed by atoms with Crippen LogP contribution in [0.2, 0.25) is 5.02 Å². The number of ether oxygens (including phenoxy) is 1. The van der Waals surface area contributed by atoms with Crippen molar-refractivity contribution in [2.75, 3.05) is 0 Å². The number of hydrogen-bond donors (Lipinski definition) is 1. The first-order chi connectivity index (χ1) is 12.2. The number of hydrogen-bond acceptors (Lipinski definition) is 6. The Morgan fingerprint density at radius 2 is 1.73 bits per heavy atom. The Hall–Kier alpha value is -2.51. The van der Waals surface area contributed by atoms with E-state index in [0.717, 1.165) is 5.56 Å². The van der Waals surface area contributed by atoms with Crippen LogP contribution in [-0.4, -0.2) is 14.2 Å². The first kappa shape index (κ1) is 18.3. The number of carbonyl (C=O) groups excluding carboxylic acids is 1. The molecule has 1 unspecified atom stereocenters. The summed E-state index contributed by atoms with van der Waals surface area (Å²) in [5.41, 5.74) is 7.73. The lowest BCUT2D eigenvalue weighted by Gasteiger charge is -2.10. The van der Waals surface area contributed by atoms with E-state index in [9.17, 15) is 13.2 Å². The predicted octanol–water partition coefficient (Wildman–Crippen LogP) is 2.96. The Morgan fingerprint density at radius 3 is 2.35 bits per heavy atom. The molecule has 136 valence electrons. The highest BCUT2D eigenvalue weighted by molar-refractivity contribution is 7.86. The van der Waals surface area contributed by atoms with Gasteiger partial charge in [0, 0.05) is 10.6 Å². The molecule has 0 bridgehead atoms. The van der Waals surface area contributed by atoms with Crippen LogP contribution in [0.1, 0.15) is 22.8 Å². The molecule has 2 aromatic carbocycles. The van der Waals surface area contributed by atoms with Crippen LogP contribution in [0.15, 0.2) is 60.2 Å². The molecule has 0 saturated carbocycles. The van der Waals surface area contributed by atoms with Gasteiger partial charge in [0.15, 0.2) is 6.10 Å². The van der Waals surface area contributed by atoms with Crippen molar-refractivity contribution in [2.24, 2.45) is 5.73 Å². The second-order valence-corrected chi connectivity index (χ2v) is 7.89. The quantitative estimate of drug-likeness (QED) is 0.784. The molecule has 1 aliphatic heterocycles. The fourth-order valence-electron chi connectivity index (χ4n) is 2.46. The molecular formula is C18H16ClNO5S. The van der Waals surface area contributed by atoms with Crippen LogP contribution in [-0.2, 0) is 29.6 Å². The Bertz CT molecular complexity index is 966. The van der Waals surface area contributed by atoms with Crippen molar-refractivity contribution in [2.45, 2.75) is 18.8 Å². The molecule has 1 atom stereocenters. The second-order valence-electron chi connectivity index (χ2n) is 5.88. The zero-order valence-electron chi connectivity index (χ0n) is 13.8. The van der Waals surface area contributed by atoms with Gasteiger partial charge < -0.3 is 14.7 Å². The molecule has 1 heterocycles. The third kappa shape index (κ3) is 4.00. The summed E-state index contributed by atoms with van der Waals surface area (Å²) in [5.74, 6) is -1.90. The molecular weight excluding hydrogens is 378 g/mol. The molecule has 2 N–H and O–H groups in total. The van der Waals surface area contributed by atoms with Crippen molar-refractivity contribution < 1.29 is 22.1 Å². The fraction of sp³-hybridized carbons (Fsp3) is 0.167. The van der Waals surface area contributed by atoms with Crippen molar-refractivity contribution in [1.82, 2.24) is 0 Å². The number of carbonyl (C=O) groups is 1. The van der Waals surface area contributed by atoms with Crippen molar-refractivity contribution in [1.29, 1.82) is 0 Å². The van der Waals surface area contributed by atoms with Crippen LogP contribution in [0, 0.1) is 6.92 Å². The standard InChI is InChI=1S/C18H16ClNO5S/c1-11-2-6-13(7-3-11)16-15(21)17(18(20)24-16)25-26(22,23)10-12-4-8-14(19)9-5-12/h2-9,16H,10,20H2,1H3. The number of aryl methyl sites for hydroxylation is 1. The molecule has 3 rings (SSSR count). The Kier molecular flexibility index (Phi) is 4.93. The van der Waals surface area contributed by atoms with Gasteiger partial charge in [-0.15, -0.1) is 0 Å². The number of nitrogens with two attached hydrogens (primary N) is 1. The van der Waals surface area contributed by atoms with E-state index in [1.165, 1.54) is 0 Å². The lowest BCUT2D eigenvalue weighted by Crippen LogP contribution is -2.16. The van der Waals surface area contributed by atoms with E-state index in [2.05, 4.69) is 0 Å². The van der Waals surface area contributed by atoms with Gasteiger partial charge in [0.1, 0.15) is 5.75 Å². The van der Waals surface area contributed by atoms with Gasteiger partial charge in [-0.1, -0.05) is 53.6 Å². The molecule has 0 aliphatic carbocycles. The monoisotopic (exact) mass is 393 g/mol. The van der Waals surface area contributed by atoms with Gasteiger partial charge in [-0.2, -0.15) is 8.42 Å². The molecule has 0 spiro atoms. The highest BCUT2D eigenvalue weighted by Crippen LogP contribution is 2.32. The fourth-order valence-corrected chi connectivity index (χ4v) is 3.66. The van der Waals surface area contributed by atoms with Gasteiger partial charge in [-0.3, -0.25) is 4.79 Å².